The molecule has 3 atom stereocenters. The third-order valence-corrected chi connectivity index (χ3v) is 2.94. The van der Waals surface area contributed by atoms with Gasteiger partial charge in [-0.1, -0.05) is 20.3 Å². The molecule has 0 saturated heterocycles. The first kappa shape index (κ1) is 13.8. The highest BCUT2D eigenvalue weighted by molar-refractivity contribution is 4.77. The van der Waals surface area contributed by atoms with Gasteiger partial charge >= 0.3 is 0 Å². The molecule has 1 nitrogen and oxygen atoms in total. The number of rotatable bonds is 8. The van der Waals surface area contributed by atoms with Crippen LogP contribution in [0.3, 0.4) is 0 Å². The molecule has 0 amide bonds. The highest BCUT2D eigenvalue weighted by Crippen LogP contribution is 2.18. The second-order valence-corrected chi connectivity index (χ2v) is 4.77. The lowest BCUT2D eigenvalue weighted by Gasteiger charge is -2.12. The molecule has 0 aromatic carbocycles. The van der Waals surface area contributed by atoms with Gasteiger partial charge in [-0.25, -0.2) is 0 Å². The molecule has 1 heteroatoms. The van der Waals surface area contributed by atoms with Gasteiger partial charge in [-0.15, -0.1) is 0 Å². The van der Waals surface area contributed by atoms with E-state index in [1.165, 1.54) is 25.7 Å². The van der Waals surface area contributed by atoms with Gasteiger partial charge in [0.05, 0.1) is 18.8 Å². The first-order valence-electron chi connectivity index (χ1n) is 6.10. The van der Waals surface area contributed by atoms with E-state index < -0.39 is 0 Å². The number of nitrogens with one attached hydrogen (secondary N) is 1. The topological polar surface area (TPSA) is 12.0 Å². The standard InChI is InChI=1S/C13H28N/c1-6-7-11(2)8-9-12(3)10-13(4)14-5/h9,11-14H,6-8,10H2,1-5H3/q+1. The van der Waals surface area contributed by atoms with Gasteiger partial charge in [0.25, 0.3) is 0 Å². The Morgan fingerprint density at radius 1 is 1.21 bits per heavy atom. The minimum atomic E-state index is 0.641. The summed E-state index contributed by atoms with van der Waals surface area (Å²) < 4.78 is 0. The highest BCUT2D eigenvalue weighted by atomic mass is 14.8. The predicted octanol–water partition coefficient (Wildman–Crippen LogP) is 3.65. The summed E-state index contributed by atoms with van der Waals surface area (Å²) in [4.78, 5) is 0. The molecule has 0 aromatic rings. The van der Waals surface area contributed by atoms with Gasteiger partial charge in [-0.2, -0.15) is 0 Å². The first-order chi connectivity index (χ1) is 6.60. The second kappa shape index (κ2) is 8.16. The van der Waals surface area contributed by atoms with Gasteiger partial charge in [0, 0.05) is 12.5 Å². The van der Waals surface area contributed by atoms with Crippen LogP contribution in [-0.2, 0) is 0 Å². The van der Waals surface area contributed by atoms with Crippen molar-refractivity contribution >= 4 is 0 Å². The van der Waals surface area contributed by atoms with Crippen LogP contribution in [-0.4, -0.2) is 13.1 Å². The van der Waals surface area contributed by atoms with Gasteiger partial charge < -0.3 is 5.32 Å². The lowest BCUT2D eigenvalue weighted by Crippen LogP contribution is -2.23. The van der Waals surface area contributed by atoms with Gasteiger partial charge in [0.15, 0.2) is 0 Å². The van der Waals surface area contributed by atoms with Crippen LogP contribution in [0.15, 0.2) is 0 Å². The van der Waals surface area contributed by atoms with E-state index in [0.717, 1.165) is 11.8 Å². The fourth-order valence-corrected chi connectivity index (χ4v) is 1.85. The van der Waals surface area contributed by atoms with E-state index in [1.54, 1.807) is 0 Å². The van der Waals surface area contributed by atoms with Crippen molar-refractivity contribution in [2.24, 2.45) is 11.8 Å². The fraction of sp³-hybridized carbons (Fsp3) is 0.923. The molecule has 0 heterocycles. The van der Waals surface area contributed by atoms with Crippen LogP contribution in [0.1, 0.15) is 53.4 Å². The molecule has 0 aliphatic carbocycles. The van der Waals surface area contributed by atoms with E-state index in [1.807, 2.05) is 7.05 Å². The molecular weight excluding hydrogens is 170 g/mol. The maximum atomic E-state index is 3.29. The SMILES string of the molecule is CCCC(C)C[CH+]C(C)CC(C)NC. The Hall–Kier alpha value is -0.170. The average Bonchev–Trinajstić information content (AvgIpc) is 2.15. The maximum absolute atomic E-state index is 3.29. The minimum Gasteiger partial charge on any atom is -0.317 e. The van der Waals surface area contributed by atoms with Crippen LogP contribution in [0.4, 0.5) is 0 Å². The predicted molar refractivity (Wildman–Crippen MR) is 65.3 cm³/mol. The zero-order chi connectivity index (χ0) is 11.0. The number of hydrogen-bond acceptors (Lipinski definition) is 1. The van der Waals surface area contributed by atoms with Gasteiger partial charge in [0.1, 0.15) is 0 Å². The molecule has 0 fully saturated rings. The quantitative estimate of drug-likeness (QED) is 0.587. The molecule has 0 bridgehead atoms. The minimum absolute atomic E-state index is 0.641. The Bertz CT molecular complexity index is 122. The molecule has 3 unspecified atom stereocenters. The molecule has 0 spiro atoms. The molecule has 84 valence electrons. The summed E-state index contributed by atoms with van der Waals surface area (Å²) in [6.07, 6.45) is 7.72. The molecule has 0 aromatic heterocycles. The summed E-state index contributed by atoms with van der Waals surface area (Å²) in [5.74, 6) is 1.61. The van der Waals surface area contributed by atoms with Gasteiger partial charge in [0.2, 0.25) is 0 Å². The highest BCUT2D eigenvalue weighted by Gasteiger charge is 2.16. The molecule has 14 heavy (non-hydrogen) atoms. The fourth-order valence-electron chi connectivity index (χ4n) is 1.85. The first-order valence-corrected chi connectivity index (χ1v) is 6.10. The van der Waals surface area contributed by atoms with Crippen molar-refractivity contribution in [3.63, 3.8) is 0 Å². The Morgan fingerprint density at radius 3 is 2.36 bits per heavy atom. The van der Waals surface area contributed by atoms with Crippen molar-refractivity contribution in [3.8, 4) is 0 Å². The zero-order valence-electron chi connectivity index (χ0n) is 10.6. The van der Waals surface area contributed by atoms with Gasteiger partial charge in [-0.05, 0) is 33.2 Å². The Labute approximate surface area is 90.7 Å². The molecule has 0 aliphatic heterocycles. The maximum Gasteiger partial charge on any atom is 0.0964 e. The van der Waals surface area contributed by atoms with Crippen molar-refractivity contribution in [3.05, 3.63) is 6.42 Å². The Balaban J connectivity index is 3.47. The van der Waals surface area contributed by atoms with E-state index in [2.05, 4.69) is 39.4 Å². The van der Waals surface area contributed by atoms with Crippen LogP contribution in [0.5, 0.6) is 0 Å². The monoisotopic (exact) mass is 198 g/mol. The van der Waals surface area contributed by atoms with Crippen molar-refractivity contribution < 1.29 is 0 Å². The third kappa shape index (κ3) is 7.25. The van der Waals surface area contributed by atoms with Crippen molar-refractivity contribution in [1.82, 2.24) is 5.32 Å². The summed E-state index contributed by atoms with van der Waals surface area (Å²) in [7, 11) is 2.04. The van der Waals surface area contributed by atoms with E-state index in [9.17, 15) is 0 Å². The smallest absolute Gasteiger partial charge is 0.0964 e. The lowest BCUT2D eigenvalue weighted by molar-refractivity contribution is 0.436. The largest absolute Gasteiger partial charge is 0.317 e. The van der Waals surface area contributed by atoms with Crippen LogP contribution >= 0.6 is 0 Å². The molecule has 0 rings (SSSR count). The van der Waals surface area contributed by atoms with Crippen LogP contribution < -0.4 is 5.32 Å². The third-order valence-electron chi connectivity index (χ3n) is 2.94. The second-order valence-electron chi connectivity index (χ2n) is 4.77. The Kier molecular flexibility index (Phi) is 8.07. The van der Waals surface area contributed by atoms with E-state index in [0.29, 0.717) is 6.04 Å². The van der Waals surface area contributed by atoms with Crippen LogP contribution in [0.25, 0.3) is 0 Å². The van der Waals surface area contributed by atoms with E-state index >= 15 is 0 Å². The molecule has 0 aliphatic rings. The molecule has 1 N–H and O–H groups in total. The average molecular weight is 198 g/mol. The summed E-state index contributed by atoms with van der Waals surface area (Å²) in [5, 5.41) is 3.29. The summed E-state index contributed by atoms with van der Waals surface area (Å²) in [5.41, 5.74) is 0. The van der Waals surface area contributed by atoms with E-state index in [-0.39, 0.29) is 0 Å². The lowest BCUT2D eigenvalue weighted by atomic mass is 9.91. The summed E-state index contributed by atoms with van der Waals surface area (Å²) >= 11 is 0. The van der Waals surface area contributed by atoms with Crippen molar-refractivity contribution in [2.75, 3.05) is 7.05 Å². The van der Waals surface area contributed by atoms with Crippen molar-refractivity contribution in [1.29, 1.82) is 0 Å². The van der Waals surface area contributed by atoms with Crippen molar-refractivity contribution in [2.45, 2.75) is 59.4 Å². The Morgan fingerprint density at radius 2 is 1.86 bits per heavy atom. The molecular formula is C13H28N+. The number of hydrogen-bond donors (Lipinski definition) is 1. The zero-order valence-corrected chi connectivity index (χ0v) is 10.6. The van der Waals surface area contributed by atoms with Crippen LogP contribution in [0.2, 0.25) is 0 Å². The molecule has 0 saturated carbocycles. The normalized spacial score (nSPS) is 17.5. The summed E-state index contributed by atoms with van der Waals surface area (Å²) in [6.45, 7) is 9.20. The van der Waals surface area contributed by atoms with Gasteiger partial charge in [-0.3, -0.25) is 0 Å². The summed E-state index contributed by atoms with van der Waals surface area (Å²) in [6, 6.07) is 0.641. The van der Waals surface area contributed by atoms with E-state index in [4.69, 9.17) is 0 Å². The molecule has 0 radical (unpaired) electrons. The van der Waals surface area contributed by atoms with Crippen LogP contribution in [0, 0.1) is 18.3 Å².